The molecule has 6 nitrogen and oxygen atoms in total. The van der Waals surface area contributed by atoms with E-state index in [4.69, 9.17) is 25.5 Å². The van der Waals surface area contributed by atoms with Gasteiger partial charge >= 0.3 is 6.01 Å². The second-order valence-electron chi connectivity index (χ2n) is 5.11. The summed E-state index contributed by atoms with van der Waals surface area (Å²) in [5.74, 6) is 0.126. The number of halogens is 2. The summed E-state index contributed by atoms with van der Waals surface area (Å²) in [6.07, 6.45) is 1.06. The number of benzene rings is 1. The van der Waals surface area contributed by atoms with Crippen molar-refractivity contribution in [1.29, 1.82) is 0 Å². The molecule has 8 heteroatoms. The summed E-state index contributed by atoms with van der Waals surface area (Å²) in [7, 11) is 0. The number of ether oxygens (including phenoxy) is 2. The number of rotatable bonds is 6. The van der Waals surface area contributed by atoms with Gasteiger partial charge in [-0.3, -0.25) is 0 Å². The van der Waals surface area contributed by atoms with Crippen LogP contribution in [0.2, 0.25) is 5.02 Å². The molecule has 1 saturated heterocycles. The van der Waals surface area contributed by atoms with E-state index in [-0.39, 0.29) is 17.6 Å². The number of aromatic nitrogens is 2. The van der Waals surface area contributed by atoms with Crippen LogP contribution in [0.1, 0.15) is 36.7 Å². The van der Waals surface area contributed by atoms with Crippen LogP contribution in [0.15, 0.2) is 16.5 Å². The molecule has 1 aromatic heterocycles. The molecule has 3 rings (SSSR count). The topological polar surface area (TPSA) is 69.4 Å². The molecule has 1 aromatic carbocycles. The first-order chi connectivity index (χ1) is 11.2. The highest BCUT2D eigenvalue weighted by Gasteiger charge is 2.24. The Balaban J connectivity index is 1.74. The quantitative estimate of drug-likeness (QED) is 0.867. The third kappa shape index (κ3) is 3.63. The number of nitrogens with zero attached hydrogens (tertiary/aromatic N) is 2. The van der Waals surface area contributed by atoms with Crippen LogP contribution >= 0.6 is 11.6 Å². The summed E-state index contributed by atoms with van der Waals surface area (Å²) in [4.78, 5) is 0. The SMILES string of the molecule is CCCc1nnc(NCc2c(F)ccc(C3OCCO3)c2Cl)o1. The van der Waals surface area contributed by atoms with Crippen LogP contribution in [0.3, 0.4) is 0 Å². The van der Waals surface area contributed by atoms with Gasteiger partial charge in [-0.1, -0.05) is 23.6 Å². The number of anilines is 1. The highest BCUT2D eigenvalue weighted by atomic mass is 35.5. The van der Waals surface area contributed by atoms with E-state index in [1.807, 2.05) is 6.92 Å². The third-order valence-electron chi connectivity index (χ3n) is 3.44. The largest absolute Gasteiger partial charge is 0.408 e. The second kappa shape index (κ2) is 7.25. The molecule has 23 heavy (non-hydrogen) atoms. The number of nitrogens with one attached hydrogen (secondary N) is 1. The molecule has 1 fully saturated rings. The molecule has 1 aliphatic heterocycles. The summed E-state index contributed by atoms with van der Waals surface area (Å²) in [5, 5.41) is 10.9. The first-order valence-corrected chi connectivity index (χ1v) is 7.83. The molecule has 0 bridgehead atoms. The fourth-order valence-electron chi connectivity index (χ4n) is 2.30. The molecular weight excluding hydrogens is 325 g/mol. The molecule has 0 atom stereocenters. The van der Waals surface area contributed by atoms with Crippen molar-refractivity contribution >= 4 is 17.6 Å². The Morgan fingerprint density at radius 2 is 2.09 bits per heavy atom. The molecule has 1 N–H and O–H groups in total. The second-order valence-corrected chi connectivity index (χ2v) is 5.49. The van der Waals surface area contributed by atoms with Gasteiger partial charge in [-0.2, -0.15) is 0 Å². The monoisotopic (exact) mass is 341 g/mol. The number of hydrogen-bond donors (Lipinski definition) is 1. The van der Waals surface area contributed by atoms with Crippen molar-refractivity contribution in [3.05, 3.63) is 40.0 Å². The molecule has 0 unspecified atom stereocenters. The minimum Gasteiger partial charge on any atom is -0.408 e. The van der Waals surface area contributed by atoms with Crippen LogP contribution in [-0.2, 0) is 22.4 Å². The summed E-state index contributed by atoms with van der Waals surface area (Å²) in [5.41, 5.74) is 0.915. The zero-order valence-electron chi connectivity index (χ0n) is 12.6. The van der Waals surface area contributed by atoms with Crippen LogP contribution in [0.4, 0.5) is 10.4 Å². The first-order valence-electron chi connectivity index (χ1n) is 7.45. The van der Waals surface area contributed by atoms with Gasteiger partial charge in [0.25, 0.3) is 0 Å². The lowest BCUT2D eigenvalue weighted by Crippen LogP contribution is -2.07. The summed E-state index contributed by atoms with van der Waals surface area (Å²) in [6, 6.07) is 3.16. The highest BCUT2D eigenvalue weighted by Crippen LogP contribution is 2.33. The van der Waals surface area contributed by atoms with Crippen LogP contribution in [0.5, 0.6) is 0 Å². The molecule has 1 aliphatic rings. The van der Waals surface area contributed by atoms with E-state index in [0.29, 0.717) is 36.7 Å². The van der Waals surface area contributed by atoms with E-state index >= 15 is 0 Å². The Kier molecular flexibility index (Phi) is 5.09. The van der Waals surface area contributed by atoms with Gasteiger partial charge in [0.1, 0.15) is 5.82 Å². The molecule has 0 aliphatic carbocycles. The van der Waals surface area contributed by atoms with Crippen molar-refractivity contribution in [2.75, 3.05) is 18.5 Å². The maximum atomic E-state index is 14.1. The van der Waals surface area contributed by atoms with Gasteiger partial charge < -0.3 is 19.2 Å². The Bertz CT molecular complexity index is 674. The Morgan fingerprint density at radius 1 is 1.30 bits per heavy atom. The fourth-order valence-corrected chi connectivity index (χ4v) is 2.61. The summed E-state index contributed by atoms with van der Waals surface area (Å²) < 4.78 is 30.3. The van der Waals surface area contributed by atoms with Crippen LogP contribution in [0.25, 0.3) is 0 Å². The van der Waals surface area contributed by atoms with Gasteiger partial charge in [-0.15, -0.1) is 5.10 Å². The summed E-state index contributed by atoms with van der Waals surface area (Å²) in [6.45, 7) is 3.13. The average molecular weight is 342 g/mol. The van der Waals surface area contributed by atoms with Gasteiger partial charge in [0.15, 0.2) is 6.29 Å². The van der Waals surface area contributed by atoms with Crippen molar-refractivity contribution in [2.45, 2.75) is 32.6 Å². The van der Waals surface area contributed by atoms with E-state index in [1.54, 1.807) is 6.07 Å². The first kappa shape index (κ1) is 16.2. The lowest BCUT2D eigenvalue weighted by Gasteiger charge is -2.15. The maximum absolute atomic E-state index is 14.1. The summed E-state index contributed by atoms with van der Waals surface area (Å²) >= 11 is 6.31. The average Bonchev–Trinajstić information content (AvgIpc) is 3.19. The van der Waals surface area contributed by atoms with Gasteiger partial charge in [-0.25, -0.2) is 4.39 Å². The van der Waals surface area contributed by atoms with Gasteiger partial charge in [-0.05, 0) is 18.6 Å². The standard InChI is InChI=1S/C15H17ClFN3O3/c1-2-3-12-19-20-15(23-12)18-8-10-11(17)5-4-9(13(10)16)14-21-6-7-22-14/h4-5,14H,2-3,6-8H2,1H3,(H,18,20). The lowest BCUT2D eigenvalue weighted by atomic mass is 10.1. The Hall–Kier alpha value is -1.70. The molecule has 0 saturated carbocycles. The van der Waals surface area contributed by atoms with Crippen LogP contribution < -0.4 is 5.32 Å². The van der Waals surface area contributed by atoms with Crippen molar-refractivity contribution in [3.8, 4) is 0 Å². The minimum absolute atomic E-state index is 0.124. The molecule has 0 radical (unpaired) electrons. The van der Waals surface area contributed by atoms with Crippen molar-refractivity contribution in [3.63, 3.8) is 0 Å². The smallest absolute Gasteiger partial charge is 0.315 e. The van der Waals surface area contributed by atoms with Crippen LogP contribution in [0, 0.1) is 5.82 Å². The van der Waals surface area contributed by atoms with Crippen LogP contribution in [-0.4, -0.2) is 23.4 Å². The van der Waals surface area contributed by atoms with Crippen molar-refractivity contribution < 1.29 is 18.3 Å². The van der Waals surface area contributed by atoms with E-state index in [0.717, 1.165) is 6.42 Å². The van der Waals surface area contributed by atoms with Crippen molar-refractivity contribution in [2.24, 2.45) is 0 Å². The maximum Gasteiger partial charge on any atom is 0.315 e. The fraction of sp³-hybridized carbons (Fsp3) is 0.467. The zero-order chi connectivity index (χ0) is 16.2. The molecule has 0 spiro atoms. The Labute approximate surface area is 137 Å². The Morgan fingerprint density at radius 3 is 2.83 bits per heavy atom. The predicted molar refractivity (Wildman–Crippen MR) is 81.7 cm³/mol. The van der Waals surface area contributed by atoms with E-state index in [1.165, 1.54) is 6.07 Å². The predicted octanol–water partition coefficient (Wildman–Crippen LogP) is 3.47. The molecule has 2 aromatic rings. The van der Waals surface area contributed by atoms with E-state index in [2.05, 4.69) is 15.5 Å². The molecule has 0 amide bonds. The normalized spacial score (nSPS) is 15.3. The van der Waals surface area contributed by atoms with Gasteiger partial charge in [0.2, 0.25) is 5.89 Å². The zero-order valence-corrected chi connectivity index (χ0v) is 13.4. The van der Waals surface area contributed by atoms with Gasteiger partial charge in [0.05, 0.1) is 18.2 Å². The van der Waals surface area contributed by atoms with E-state index < -0.39 is 12.1 Å². The minimum atomic E-state index is -0.554. The van der Waals surface area contributed by atoms with E-state index in [9.17, 15) is 4.39 Å². The third-order valence-corrected chi connectivity index (χ3v) is 3.89. The van der Waals surface area contributed by atoms with Crippen molar-refractivity contribution in [1.82, 2.24) is 10.2 Å². The molecule has 124 valence electrons. The number of aryl methyl sites for hydroxylation is 1. The van der Waals surface area contributed by atoms with Gasteiger partial charge in [0, 0.05) is 24.1 Å². The molecule has 2 heterocycles. The lowest BCUT2D eigenvalue weighted by molar-refractivity contribution is -0.0441. The number of hydrogen-bond acceptors (Lipinski definition) is 6. The highest BCUT2D eigenvalue weighted by molar-refractivity contribution is 6.32. The molecular formula is C15H17ClFN3O3.